The molecule has 8 nitrogen and oxygen atoms in total. The van der Waals surface area contributed by atoms with Gasteiger partial charge in [-0.2, -0.15) is 0 Å². The van der Waals surface area contributed by atoms with Crippen LogP contribution in [-0.2, 0) is 11.3 Å². The predicted molar refractivity (Wildman–Crippen MR) is 65.9 cm³/mol. The highest BCUT2D eigenvalue weighted by atomic mass is 16.4. The lowest BCUT2D eigenvalue weighted by Gasteiger charge is -2.37. The van der Waals surface area contributed by atoms with Gasteiger partial charge in [-0.25, -0.2) is 9.48 Å². The Morgan fingerprint density at radius 1 is 1.30 bits per heavy atom. The summed E-state index contributed by atoms with van der Waals surface area (Å²) in [7, 11) is 0. The predicted octanol–water partition coefficient (Wildman–Crippen LogP) is -0.509. The first-order chi connectivity index (χ1) is 9.54. The fraction of sp³-hybridized carbons (Fsp3) is 0.667. The molecule has 3 rings (SSSR count). The monoisotopic (exact) mass is 280 g/mol. The number of fused-ring (bicyclic) bond motifs is 2. The van der Waals surface area contributed by atoms with Crippen LogP contribution in [0, 0.1) is 0 Å². The highest BCUT2D eigenvalue weighted by molar-refractivity contribution is 5.84. The van der Waals surface area contributed by atoms with Crippen LogP contribution < -0.4 is 0 Å². The smallest absolute Gasteiger partial charge is 0.358 e. The molecule has 2 atom stereocenters. The van der Waals surface area contributed by atoms with E-state index >= 15 is 0 Å². The van der Waals surface area contributed by atoms with E-state index in [2.05, 4.69) is 10.3 Å². The van der Waals surface area contributed by atoms with Crippen molar-refractivity contribution < 1.29 is 19.8 Å². The molecule has 1 aromatic rings. The second-order valence-corrected chi connectivity index (χ2v) is 5.42. The fourth-order valence-electron chi connectivity index (χ4n) is 3.25. The van der Waals surface area contributed by atoms with E-state index in [1.807, 2.05) is 4.90 Å². The molecular formula is C12H16N4O4. The van der Waals surface area contributed by atoms with E-state index in [4.69, 9.17) is 5.11 Å². The van der Waals surface area contributed by atoms with E-state index < -0.39 is 5.97 Å². The fourth-order valence-corrected chi connectivity index (χ4v) is 3.25. The van der Waals surface area contributed by atoms with Crippen LogP contribution in [0.2, 0.25) is 0 Å². The van der Waals surface area contributed by atoms with Crippen LogP contribution in [0.1, 0.15) is 36.2 Å². The summed E-state index contributed by atoms with van der Waals surface area (Å²) >= 11 is 0. The first-order valence-corrected chi connectivity index (χ1v) is 6.67. The van der Waals surface area contributed by atoms with Crippen LogP contribution in [0.4, 0.5) is 0 Å². The normalized spacial score (nSPS) is 28.6. The first kappa shape index (κ1) is 13.0. The lowest BCUT2D eigenvalue weighted by molar-refractivity contribution is -0.138. The zero-order valence-electron chi connectivity index (χ0n) is 10.8. The first-order valence-electron chi connectivity index (χ1n) is 6.67. The number of hydrogen-bond acceptors (Lipinski definition) is 5. The molecule has 0 radical (unpaired) electrons. The molecule has 2 aliphatic heterocycles. The number of nitrogens with zero attached hydrogens (tertiary/aromatic N) is 4. The molecule has 2 N–H and O–H groups in total. The summed E-state index contributed by atoms with van der Waals surface area (Å²) in [5, 5.41) is 25.6. The highest BCUT2D eigenvalue weighted by Gasteiger charge is 2.42. The summed E-state index contributed by atoms with van der Waals surface area (Å²) in [6.45, 7) is -0.0105. The van der Waals surface area contributed by atoms with Gasteiger partial charge in [0.05, 0.1) is 12.3 Å². The minimum absolute atomic E-state index is 0.0105. The number of hydrogen-bond donors (Lipinski definition) is 2. The molecule has 2 aliphatic rings. The molecule has 0 aromatic carbocycles. The van der Waals surface area contributed by atoms with Crippen LogP contribution in [0.3, 0.4) is 0 Å². The molecule has 2 fully saturated rings. The maximum atomic E-state index is 12.3. The van der Waals surface area contributed by atoms with E-state index in [9.17, 15) is 14.7 Å². The van der Waals surface area contributed by atoms with Gasteiger partial charge in [-0.15, -0.1) is 5.10 Å². The van der Waals surface area contributed by atoms with Crippen molar-refractivity contribution in [1.82, 2.24) is 19.9 Å². The molecule has 20 heavy (non-hydrogen) atoms. The maximum Gasteiger partial charge on any atom is 0.358 e. The SMILES string of the molecule is O=C(O)c1cn(CC(=O)N2C3CCC2CC(O)C3)nn1. The molecule has 2 unspecified atom stereocenters. The standard InChI is InChI=1S/C12H16N4O4/c17-9-3-7-1-2-8(4-9)16(7)11(18)6-15-5-10(12(19)20)13-14-15/h5,7-9,17H,1-4,6H2,(H,19,20). The Hall–Kier alpha value is -1.96. The lowest BCUT2D eigenvalue weighted by Crippen LogP contribution is -2.49. The van der Waals surface area contributed by atoms with Crippen molar-refractivity contribution in [3.63, 3.8) is 0 Å². The molecule has 1 amide bonds. The molecule has 2 saturated heterocycles. The number of carboxylic acid groups (broad SMARTS) is 1. The van der Waals surface area contributed by atoms with Gasteiger partial charge in [-0.05, 0) is 25.7 Å². The molecule has 108 valence electrons. The van der Waals surface area contributed by atoms with Gasteiger partial charge in [0, 0.05) is 12.1 Å². The molecule has 3 heterocycles. The third-order valence-corrected chi connectivity index (χ3v) is 4.05. The second kappa shape index (κ2) is 4.86. The summed E-state index contributed by atoms with van der Waals surface area (Å²) in [6.07, 6.45) is 4.03. The van der Waals surface area contributed by atoms with E-state index in [-0.39, 0.29) is 36.3 Å². The topological polar surface area (TPSA) is 109 Å². The van der Waals surface area contributed by atoms with Crippen LogP contribution >= 0.6 is 0 Å². The van der Waals surface area contributed by atoms with E-state index in [0.29, 0.717) is 12.8 Å². The number of aliphatic hydroxyl groups is 1. The summed E-state index contributed by atoms with van der Waals surface area (Å²) in [6, 6.07) is 0.192. The number of carbonyl (C=O) groups excluding carboxylic acids is 1. The van der Waals surface area contributed by atoms with Crippen molar-refractivity contribution in [2.75, 3.05) is 0 Å². The van der Waals surface area contributed by atoms with Gasteiger partial charge >= 0.3 is 5.97 Å². The molecule has 8 heteroatoms. The number of rotatable bonds is 3. The number of aliphatic hydroxyl groups excluding tert-OH is 1. The number of carboxylic acids is 1. The van der Waals surface area contributed by atoms with E-state index in [1.165, 1.54) is 10.9 Å². The Kier molecular flexibility index (Phi) is 3.17. The molecule has 0 spiro atoms. The van der Waals surface area contributed by atoms with Crippen molar-refractivity contribution in [3.8, 4) is 0 Å². The van der Waals surface area contributed by atoms with Gasteiger partial charge in [0.1, 0.15) is 6.54 Å². The molecule has 2 bridgehead atoms. The molecular weight excluding hydrogens is 264 g/mol. The van der Waals surface area contributed by atoms with Gasteiger partial charge in [0.2, 0.25) is 5.91 Å². The number of carbonyl (C=O) groups is 2. The quantitative estimate of drug-likeness (QED) is 0.772. The minimum atomic E-state index is -1.16. The number of piperidine rings is 1. The Labute approximate surface area is 115 Å². The summed E-state index contributed by atoms with van der Waals surface area (Å²) in [5.74, 6) is -1.25. The van der Waals surface area contributed by atoms with E-state index in [1.54, 1.807) is 0 Å². The van der Waals surface area contributed by atoms with E-state index in [0.717, 1.165) is 12.8 Å². The maximum absolute atomic E-state index is 12.3. The zero-order valence-corrected chi connectivity index (χ0v) is 10.8. The average molecular weight is 280 g/mol. The Balaban J connectivity index is 1.69. The van der Waals surface area contributed by atoms with Crippen molar-refractivity contribution in [2.45, 2.75) is 50.4 Å². The highest BCUT2D eigenvalue weighted by Crippen LogP contribution is 2.35. The van der Waals surface area contributed by atoms with Gasteiger partial charge in [0.25, 0.3) is 0 Å². The Morgan fingerprint density at radius 3 is 2.50 bits per heavy atom. The van der Waals surface area contributed by atoms with Gasteiger partial charge in [-0.3, -0.25) is 4.79 Å². The van der Waals surface area contributed by atoms with Crippen molar-refractivity contribution in [2.24, 2.45) is 0 Å². The summed E-state index contributed by atoms with van der Waals surface area (Å²) in [5.41, 5.74) is -0.171. The van der Waals surface area contributed by atoms with Crippen molar-refractivity contribution >= 4 is 11.9 Å². The minimum Gasteiger partial charge on any atom is -0.476 e. The van der Waals surface area contributed by atoms with Crippen molar-refractivity contribution in [3.05, 3.63) is 11.9 Å². The second-order valence-electron chi connectivity index (χ2n) is 5.42. The molecule has 1 aromatic heterocycles. The largest absolute Gasteiger partial charge is 0.476 e. The van der Waals surface area contributed by atoms with Crippen LogP contribution in [0.25, 0.3) is 0 Å². The lowest BCUT2D eigenvalue weighted by atomic mass is 10.00. The third kappa shape index (κ3) is 2.26. The van der Waals surface area contributed by atoms with Gasteiger partial charge in [0.15, 0.2) is 5.69 Å². The van der Waals surface area contributed by atoms with Crippen LogP contribution in [0.15, 0.2) is 6.20 Å². The summed E-state index contributed by atoms with van der Waals surface area (Å²) < 4.78 is 1.25. The third-order valence-electron chi connectivity index (χ3n) is 4.05. The Morgan fingerprint density at radius 2 is 1.95 bits per heavy atom. The van der Waals surface area contributed by atoms with Crippen molar-refractivity contribution in [1.29, 1.82) is 0 Å². The summed E-state index contributed by atoms with van der Waals surface area (Å²) in [4.78, 5) is 24.9. The number of aromatic nitrogens is 3. The van der Waals surface area contributed by atoms with Crippen LogP contribution in [-0.4, -0.2) is 60.2 Å². The number of aromatic carboxylic acids is 1. The van der Waals surface area contributed by atoms with Gasteiger partial charge < -0.3 is 15.1 Å². The number of amides is 1. The average Bonchev–Trinajstić information content (AvgIpc) is 2.93. The molecule has 0 aliphatic carbocycles. The Bertz CT molecular complexity index is 529. The zero-order chi connectivity index (χ0) is 14.3. The van der Waals surface area contributed by atoms with Gasteiger partial charge in [-0.1, -0.05) is 5.21 Å². The molecule has 0 saturated carbocycles. The van der Waals surface area contributed by atoms with Crippen LogP contribution in [0.5, 0.6) is 0 Å².